The lowest BCUT2D eigenvalue weighted by molar-refractivity contribution is -0.144. The Morgan fingerprint density at radius 2 is 1.39 bits per heavy atom. The highest BCUT2D eigenvalue weighted by Crippen LogP contribution is 2.06. The molecule has 0 fully saturated rings. The van der Waals surface area contributed by atoms with E-state index < -0.39 is 78.5 Å². The van der Waals surface area contributed by atoms with Crippen LogP contribution in [-0.4, -0.2) is 76.5 Å². The minimum absolute atomic E-state index is 0.0639. The molecule has 0 saturated heterocycles. The van der Waals surface area contributed by atoms with Crippen LogP contribution in [0.5, 0.6) is 0 Å². The first kappa shape index (κ1) is 29.7. The Balaban J connectivity index is 5.41. The summed E-state index contributed by atoms with van der Waals surface area (Å²) in [5.41, 5.74) is 15.9. The Kier molecular flexibility index (Phi) is 13.3. The van der Waals surface area contributed by atoms with Gasteiger partial charge in [-0.1, -0.05) is 13.8 Å². The van der Waals surface area contributed by atoms with Gasteiger partial charge in [-0.3, -0.25) is 24.0 Å². The highest BCUT2D eigenvalue weighted by molar-refractivity contribution is 5.96. The Labute approximate surface area is 191 Å². The van der Waals surface area contributed by atoms with Crippen LogP contribution in [0.25, 0.3) is 0 Å². The van der Waals surface area contributed by atoms with Crippen molar-refractivity contribution >= 4 is 35.6 Å². The molecule has 33 heavy (non-hydrogen) atoms. The number of unbranched alkanes of at least 4 members (excludes halogenated alkanes) is 1. The first-order valence-corrected chi connectivity index (χ1v) is 10.4. The summed E-state index contributed by atoms with van der Waals surface area (Å²) in [5.74, 6) is -6.80. The first-order valence-electron chi connectivity index (χ1n) is 10.4. The number of carbonyl (C=O) groups excluding carboxylic acids is 4. The largest absolute Gasteiger partial charge is 0.481 e. The highest BCUT2D eigenvalue weighted by Gasteiger charge is 2.32. The third-order valence-electron chi connectivity index (χ3n) is 4.58. The zero-order valence-electron chi connectivity index (χ0n) is 18.7. The van der Waals surface area contributed by atoms with E-state index >= 15 is 0 Å². The van der Waals surface area contributed by atoms with Gasteiger partial charge in [0, 0.05) is 0 Å². The molecule has 4 unspecified atom stereocenters. The Bertz CT molecular complexity index is 729. The molecule has 4 atom stereocenters. The van der Waals surface area contributed by atoms with Gasteiger partial charge in [0.15, 0.2) is 0 Å². The number of amides is 4. The van der Waals surface area contributed by atoms with Crippen LogP contribution in [0.1, 0.15) is 46.0 Å². The van der Waals surface area contributed by atoms with Gasteiger partial charge >= 0.3 is 11.9 Å². The van der Waals surface area contributed by atoms with Crippen LogP contribution in [0.2, 0.25) is 0 Å². The van der Waals surface area contributed by atoms with E-state index in [9.17, 15) is 33.9 Å². The molecule has 0 spiro atoms. The van der Waals surface area contributed by atoms with E-state index in [1.54, 1.807) is 13.8 Å². The molecule has 0 aliphatic heterocycles. The average molecular weight is 475 g/mol. The molecule has 0 aromatic carbocycles. The lowest BCUT2D eigenvalue weighted by Gasteiger charge is -2.26. The van der Waals surface area contributed by atoms with Crippen molar-refractivity contribution in [2.45, 2.75) is 70.1 Å². The summed E-state index contributed by atoms with van der Waals surface area (Å²) in [7, 11) is 0. The fourth-order valence-corrected chi connectivity index (χ4v) is 2.77. The second-order valence-electron chi connectivity index (χ2n) is 7.85. The van der Waals surface area contributed by atoms with Crippen molar-refractivity contribution < 1.29 is 39.0 Å². The molecule has 0 aromatic heterocycles. The topological polar surface area (TPSA) is 257 Å². The van der Waals surface area contributed by atoms with E-state index in [0.29, 0.717) is 19.4 Å². The van der Waals surface area contributed by atoms with Gasteiger partial charge in [0.2, 0.25) is 23.6 Å². The van der Waals surface area contributed by atoms with Gasteiger partial charge in [0.25, 0.3) is 0 Å². The lowest BCUT2D eigenvalue weighted by Crippen LogP contribution is -2.59. The molecular weight excluding hydrogens is 440 g/mol. The normalized spacial score (nSPS) is 14.5. The average Bonchev–Trinajstić information content (AvgIpc) is 2.69. The number of hydrogen-bond acceptors (Lipinski definition) is 8. The number of aliphatic carboxylic acids is 2. The number of carbonyl (C=O) groups is 6. The smallest absolute Gasteiger partial charge is 0.326 e. The minimum Gasteiger partial charge on any atom is -0.481 e. The van der Waals surface area contributed by atoms with E-state index in [2.05, 4.69) is 16.0 Å². The maximum absolute atomic E-state index is 12.7. The molecule has 0 rings (SSSR count). The molecule has 11 N–H and O–H groups in total. The standard InChI is InChI=1S/C19H34N6O8/c1-9(2)15(25-16(29)10(21)7-13(22)26)18(31)24-12(8-14(27)28)17(30)23-11(19(32)33)5-3-4-6-20/h9-12,15H,3-8,20-21H2,1-2H3,(H2,22,26)(H,23,30)(H,24,31)(H,25,29)(H,27,28)(H,32,33). The van der Waals surface area contributed by atoms with E-state index in [4.69, 9.17) is 22.3 Å². The van der Waals surface area contributed by atoms with Crippen LogP contribution in [0.15, 0.2) is 0 Å². The number of hydrogen-bond donors (Lipinski definition) is 8. The van der Waals surface area contributed by atoms with Crippen LogP contribution < -0.4 is 33.2 Å². The summed E-state index contributed by atoms with van der Waals surface area (Å²) in [6.45, 7) is 3.49. The molecule has 4 amide bonds. The monoisotopic (exact) mass is 474 g/mol. The van der Waals surface area contributed by atoms with Gasteiger partial charge in [-0.2, -0.15) is 0 Å². The number of rotatable bonds is 16. The lowest BCUT2D eigenvalue weighted by atomic mass is 10.0. The van der Waals surface area contributed by atoms with Gasteiger partial charge in [-0.25, -0.2) is 4.79 Å². The predicted molar refractivity (Wildman–Crippen MR) is 115 cm³/mol. The second-order valence-corrected chi connectivity index (χ2v) is 7.85. The minimum atomic E-state index is -1.61. The van der Waals surface area contributed by atoms with Crippen molar-refractivity contribution in [3.63, 3.8) is 0 Å². The molecule has 0 saturated carbocycles. The van der Waals surface area contributed by atoms with Gasteiger partial charge in [0.1, 0.15) is 18.1 Å². The summed E-state index contributed by atoms with van der Waals surface area (Å²) in [5, 5.41) is 25.2. The predicted octanol–water partition coefficient (Wildman–Crippen LogP) is -3.01. The summed E-state index contributed by atoms with van der Waals surface area (Å²) >= 11 is 0. The first-order chi connectivity index (χ1) is 15.3. The zero-order valence-corrected chi connectivity index (χ0v) is 18.7. The molecule has 0 heterocycles. The number of primary amides is 1. The fraction of sp³-hybridized carbons (Fsp3) is 0.684. The SMILES string of the molecule is CC(C)C(NC(=O)C(N)CC(N)=O)C(=O)NC(CC(=O)O)C(=O)NC(CCCCN)C(=O)O. The van der Waals surface area contributed by atoms with Crippen LogP contribution >= 0.6 is 0 Å². The number of carboxylic acids is 2. The summed E-state index contributed by atoms with van der Waals surface area (Å²) < 4.78 is 0. The van der Waals surface area contributed by atoms with E-state index in [-0.39, 0.29) is 6.42 Å². The highest BCUT2D eigenvalue weighted by atomic mass is 16.4. The fourth-order valence-electron chi connectivity index (χ4n) is 2.77. The van der Waals surface area contributed by atoms with Crippen molar-refractivity contribution in [2.24, 2.45) is 23.1 Å². The van der Waals surface area contributed by atoms with Crippen molar-refractivity contribution in [2.75, 3.05) is 6.54 Å². The van der Waals surface area contributed by atoms with Crippen LogP contribution in [-0.2, 0) is 28.8 Å². The second kappa shape index (κ2) is 14.7. The van der Waals surface area contributed by atoms with E-state index in [0.717, 1.165) is 0 Å². The van der Waals surface area contributed by atoms with Crippen molar-refractivity contribution in [1.82, 2.24) is 16.0 Å². The molecule has 0 bridgehead atoms. The van der Waals surface area contributed by atoms with Gasteiger partial charge < -0.3 is 43.4 Å². The summed E-state index contributed by atoms with van der Waals surface area (Å²) in [6, 6.07) is -5.44. The molecule has 0 aliphatic carbocycles. The van der Waals surface area contributed by atoms with Crippen LogP contribution in [0.4, 0.5) is 0 Å². The maximum atomic E-state index is 12.7. The van der Waals surface area contributed by atoms with Crippen molar-refractivity contribution in [3.05, 3.63) is 0 Å². The van der Waals surface area contributed by atoms with Crippen LogP contribution in [0, 0.1) is 5.92 Å². The molecule has 188 valence electrons. The summed E-state index contributed by atoms with van der Waals surface area (Å²) in [4.78, 5) is 71.0. The third kappa shape index (κ3) is 11.8. The molecule has 14 nitrogen and oxygen atoms in total. The van der Waals surface area contributed by atoms with Gasteiger partial charge in [-0.15, -0.1) is 0 Å². The van der Waals surface area contributed by atoms with Gasteiger partial charge in [0.05, 0.1) is 18.9 Å². The zero-order chi connectivity index (χ0) is 25.7. The quantitative estimate of drug-likeness (QED) is 0.105. The van der Waals surface area contributed by atoms with E-state index in [1.807, 2.05) is 0 Å². The van der Waals surface area contributed by atoms with Gasteiger partial charge in [-0.05, 0) is 31.7 Å². The molecular formula is C19H34N6O8. The maximum Gasteiger partial charge on any atom is 0.326 e. The number of carboxylic acid groups (broad SMARTS) is 2. The van der Waals surface area contributed by atoms with Crippen molar-refractivity contribution in [1.29, 1.82) is 0 Å². The summed E-state index contributed by atoms with van der Waals surface area (Å²) in [6.07, 6.45) is -0.274. The molecule has 14 heteroatoms. The molecule has 0 aliphatic rings. The Hall–Kier alpha value is -3.26. The van der Waals surface area contributed by atoms with Crippen molar-refractivity contribution in [3.8, 4) is 0 Å². The Morgan fingerprint density at radius 1 is 0.818 bits per heavy atom. The van der Waals surface area contributed by atoms with E-state index in [1.165, 1.54) is 0 Å². The number of nitrogens with one attached hydrogen (secondary N) is 3. The Morgan fingerprint density at radius 3 is 1.85 bits per heavy atom. The van der Waals surface area contributed by atoms with Crippen LogP contribution in [0.3, 0.4) is 0 Å². The number of nitrogens with two attached hydrogens (primary N) is 3. The molecule has 0 radical (unpaired) electrons. The third-order valence-corrected chi connectivity index (χ3v) is 4.58. The molecule has 0 aromatic rings.